The van der Waals surface area contributed by atoms with Gasteiger partial charge in [0.1, 0.15) is 5.82 Å². The molecule has 0 aliphatic carbocycles. The largest absolute Gasteiger partial charge is 0.352 e. The molecule has 1 aliphatic rings. The monoisotopic (exact) mass is 476 g/mol. The third kappa shape index (κ3) is 5.43. The highest BCUT2D eigenvalue weighted by Crippen LogP contribution is 2.23. The van der Waals surface area contributed by atoms with E-state index >= 15 is 0 Å². The smallest absolute Gasteiger partial charge is 0.241 e. The van der Waals surface area contributed by atoms with Crippen LogP contribution in [-0.2, 0) is 24.4 Å². The van der Waals surface area contributed by atoms with Crippen LogP contribution in [0, 0.1) is 12.8 Å². The molecule has 4 heterocycles. The van der Waals surface area contributed by atoms with Crippen molar-refractivity contribution in [3.05, 3.63) is 77.0 Å². The summed E-state index contributed by atoms with van der Waals surface area (Å²) in [6, 6.07) is 12.3. The summed E-state index contributed by atoms with van der Waals surface area (Å²) in [6.45, 7) is 5.63. The molecule has 0 bridgehead atoms. The van der Waals surface area contributed by atoms with Gasteiger partial charge in [0.2, 0.25) is 17.6 Å². The van der Waals surface area contributed by atoms with Gasteiger partial charge in [-0.1, -0.05) is 35.5 Å². The van der Waals surface area contributed by atoms with Crippen molar-refractivity contribution < 1.29 is 9.32 Å². The van der Waals surface area contributed by atoms with Crippen LogP contribution in [0.1, 0.15) is 35.7 Å². The number of carbonyl (C=O) groups excluding carboxylic acids is 1. The standard InChI is InChI=1S/C25H28N6O2S/c1-18-26-9-12-31(18)16-20-5-2-4-19(14-20)15-27-25(32)21-7-10-30(11-8-21)17-23-28-24(29-33-23)22-6-3-13-34-22/h2-6,9,12-14,21H,7-8,10-11,15-17H2,1H3,(H,27,32). The van der Waals surface area contributed by atoms with Crippen LogP contribution in [0.3, 0.4) is 0 Å². The van der Waals surface area contributed by atoms with Crippen molar-refractivity contribution in [1.82, 2.24) is 29.9 Å². The van der Waals surface area contributed by atoms with E-state index in [1.807, 2.05) is 42.9 Å². The van der Waals surface area contributed by atoms with Crippen molar-refractivity contribution in [3.8, 4) is 10.7 Å². The molecular formula is C25H28N6O2S. The molecule has 3 aromatic heterocycles. The Morgan fingerprint density at radius 2 is 2.03 bits per heavy atom. The fraction of sp³-hybridized carbons (Fsp3) is 0.360. The van der Waals surface area contributed by atoms with Gasteiger partial charge in [-0.15, -0.1) is 11.3 Å². The number of nitrogens with zero attached hydrogens (tertiary/aromatic N) is 5. The maximum absolute atomic E-state index is 12.8. The number of benzene rings is 1. The molecule has 8 nitrogen and oxygen atoms in total. The van der Waals surface area contributed by atoms with Gasteiger partial charge >= 0.3 is 0 Å². The van der Waals surface area contributed by atoms with Crippen LogP contribution in [0.15, 0.2) is 58.7 Å². The van der Waals surface area contributed by atoms with Crippen molar-refractivity contribution in [2.45, 2.75) is 39.4 Å². The lowest BCUT2D eigenvalue weighted by Crippen LogP contribution is -2.40. The summed E-state index contributed by atoms with van der Waals surface area (Å²) in [6.07, 6.45) is 5.46. The van der Waals surface area contributed by atoms with E-state index in [2.05, 4.69) is 48.1 Å². The summed E-state index contributed by atoms with van der Waals surface area (Å²) < 4.78 is 7.54. The first kappa shape index (κ1) is 22.5. The number of hydrogen-bond acceptors (Lipinski definition) is 7. The molecular weight excluding hydrogens is 448 g/mol. The minimum absolute atomic E-state index is 0.0393. The molecule has 1 aliphatic heterocycles. The number of aryl methyl sites for hydroxylation is 1. The van der Waals surface area contributed by atoms with Crippen molar-refractivity contribution >= 4 is 17.2 Å². The molecule has 34 heavy (non-hydrogen) atoms. The second-order valence-corrected chi connectivity index (χ2v) is 9.63. The van der Waals surface area contributed by atoms with Crippen LogP contribution >= 0.6 is 11.3 Å². The lowest BCUT2D eigenvalue weighted by atomic mass is 9.96. The van der Waals surface area contributed by atoms with Gasteiger partial charge in [0.05, 0.1) is 11.4 Å². The number of imidazole rings is 1. The average molecular weight is 477 g/mol. The summed E-state index contributed by atoms with van der Waals surface area (Å²) in [4.78, 5) is 24.8. The Balaban J connectivity index is 1.08. The number of amides is 1. The van der Waals surface area contributed by atoms with Gasteiger partial charge < -0.3 is 14.4 Å². The molecule has 1 saturated heterocycles. The predicted octanol–water partition coefficient (Wildman–Crippen LogP) is 3.88. The topological polar surface area (TPSA) is 89.1 Å². The van der Waals surface area contributed by atoms with Gasteiger partial charge in [0.15, 0.2) is 0 Å². The molecule has 1 amide bonds. The Labute approximate surface area is 202 Å². The number of aromatic nitrogens is 4. The van der Waals surface area contributed by atoms with E-state index in [-0.39, 0.29) is 11.8 Å². The van der Waals surface area contributed by atoms with E-state index in [0.29, 0.717) is 24.8 Å². The normalized spacial score (nSPS) is 15.0. The third-order valence-corrected chi connectivity index (χ3v) is 7.13. The van der Waals surface area contributed by atoms with E-state index in [1.54, 1.807) is 11.3 Å². The quantitative estimate of drug-likeness (QED) is 0.415. The number of rotatable bonds is 8. The molecule has 0 saturated carbocycles. The number of nitrogens with one attached hydrogen (secondary N) is 1. The van der Waals surface area contributed by atoms with Crippen LogP contribution in [0.2, 0.25) is 0 Å². The number of carbonyl (C=O) groups is 1. The highest BCUT2D eigenvalue weighted by molar-refractivity contribution is 7.13. The highest BCUT2D eigenvalue weighted by Gasteiger charge is 2.26. The fourth-order valence-electron chi connectivity index (χ4n) is 4.31. The molecule has 4 aromatic rings. The SMILES string of the molecule is Cc1nccn1Cc1cccc(CNC(=O)C2CCN(Cc3nc(-c4cccs4)no3)CC2)c1. The Hall–Kier alpha value is -3.30. The summed E-state index contributed by atoms with van der Waals surface area (Å²) in [5, 5.41) is 9.21. The van der Waals surface area contributed by atoms with Gasteiger partial charge in [0, 0.05) is 31.4 Å². The third-order valence-electron chi connectivity index (χ3n) is 6.26. The first-order valence-corrected chi connectivity index (χ1v) is 12.4. The molecule has 1 N–H and O–H groups in total. The van der Waals surface area contributed by atoms with Gasteiger partial charge in [0.25, 0.3) is 0 Å². The minimum atomic E-state index is 0.0393. The number of hydrogen-bond donors (Lipinski definition) is 1. The van der Waals surface area contributed by atoms with Crippen molar-refractivity contribution in [2.75, 3.05) is 13.1 Å². The molecule has 0 atom stereocenters. The van der Waals surface area contributed by atoms with E-state index in [1.165, 1.54) is 5.56 Å². The van der Waals surface area contributed by atoms with Crippen LogP contribution in [0.5, 0.6) is 0 Å². The maximum atomic E-state index is 12.8. The van der Waals surface area contributed by atoms with Gasteiger partial charge in [-0.05, 0) is 55.4 Å². The summed E-state index contributed by atoms with van der Waals surface area (Å²) in [5.74, 6) is 2.43. The van der Waals surface area contributed by atoms with Gasteiger partial charge in [-0.3, -0.25) is 9.69 Å². The fourth-order valence-corrected chi connectivity index (χ4v) is 4.96. The Bertz CT molecular complexity index is 1220. The molecule has 5 rings (SSSR count). The second-order valence-electron chi connectivity index (χ2n) is 8.68. The van der Waals surface area contributed by atoms with Crippen LogP contribution in [0.4, 0.5) is 0 Å². The Morgan fingerprint density at radius 1 is 1.18 bits per heavy atom. The number of likely N-dealkylation sites (tertiary alicyclic amines) is 1. The maximum Gasteiger partial charge on any atom is 0.241 e. The summed E-state index contributed by atoms with van der Waals surface area (Å²) >= 11 is 1.60. The van der Waals surface area contributed by atoms with E-state index in [0.717, 1.165) is 48.7 Å². The van der Waals surface area contributed by atoms with E-state index < -0.39 is 0 Å². The van der Waals surface area contributed by atoms with Crippen LogP contribution < -0.4 is 5.32 Å². The molecule has 1 fully saturated rings. The number of thiophene rings is 1. The summed E-state index contributed by atoms with van der Waals surface area (Å²) in [7, 11) is 0. The molecule has 0 spiro atoms. The summed E-state index contributed by atoms with van der Waals surface area (Å²) in [5.41, 5.74) is 2.31. The van der Waals surface area contributed by atoms with Crippen molar-refractivity contribution in [3.63, 3.8) is 0 Å². The van der Waals surface area contributed by atoms with E-state index in [9.17, 15) is 4.79 Å². The second kappa shape index (κ2) is 10.3. The van der Waals surface area contributed by atoms with E-state index in [4.69, 9.17) is 4.52 Å². The average Bonchev–Trinajstić information content (AvgIpc) is 3.62. The van der Waals surface area contributed by atoms with Crippen molar-refractivity contribution in [2.24, 2.45) is 5.92 Å². The Morgan fingerprint density at radius 3 is 2.79 bits per heavy atom. The molecule has 0 unspecified atom stereocenters. The Kier molecular flexibility index (Phi) is 6.82. The minimum Gasteiger partial charge on any atom is -0.352 e. The molecule has 1 aromatic carbocycles. The lowest BCUT2D eigenvalue weighted by molar-refractivity contribution is -0.126. The highest BCUT2D eigenvalue weighted by atomic mass is 32.1. The molecule has 0 radical (unpaired) electrons. The lowest BCUT2D eigenvalue weighted by Gasteiger charge is -2.30. The van der Waals surface area contributed by atoms with Gasteiger partial charge in [-0.25, -0.2) is 4.98 Å². The van der Waals surface area contributed by atoms with Gasteiger partial charge in [-0.2, -0.15) is 4.98 Å². The number of piperidine rings is 1. The molecule has 9 heteroatoms. The molecule has 176 valence electrons. The first-order valence-electron chi connectivity index (χ1n) is 11.6. The van der Waals surface area contributed by atoms with Crippen LogP contribution in [0.25, 0.3) is 10.7 Å². The van der Waals surface area contributed by atoms with Crippen LogP contribution in [-0.4, -0.2) is 43.6 Å². The zero-order valence-electron chi connectivity index (χ0n) is 19.2. The first-order chi connectivity index (χ1) is 16.6. The zero-order valence-corrected chi connectivity index (χ0v) is 20.0. The zero-order chi connectivity index (χ0) is 23.3. The van der Waals surface area contributed by atoms with Crippen molar-refractivity contribution in [1.29, 1.82) is 0 Å². The predicted molar refractivity (Wildman–Crippen MR) is 130 cm³/mol.